The van der Waals surface area contributed by atoms with Gasteiger partial charge in [0.1, 0.15) is 5.75 Å². The maximum atomic E-state index is 5.24. The Kier molecular flexibility index (Phi) is 4.12. The normalized spacial score (nSPS) is 15.5. The molecule has 0 aromatic heterocycles. The summed E-state index contributed by atoms with van der Waals surface area (Å²) in [4.78, 5) is 4.42. The summed E-state index contributed by atoms with van der Waals surface area (Å²) in [6, 6.07) is 5.93. The van der Waals surface area contributed by atoms with Gasteiger partial charge in [0.25, 0.3) is 0 Å². The number of nitrogens with one attached hydrogen (secondary N) is 1. The molecule has 0 bridgehead atoms. The monoisotopic (exact) mass is 300 g/mol. The van der Waals surface area contributed by atoms with Gasteiger partial charge < -0.3 is 10.1 Å². The second-order valence-corrected chi connectivity index (χ2v) is 5.30. The highest BCUT2D eigenvalue weighted by molar-refractivity contribution is 9.10. The zero-order valence-corrected chi connectivity index (χ0v) is 11.4. The molecule has 16 heavy (non-hydrogen) atoms. The molecule has 0 spiro atoms. The van der Waals surface area contributed by atoms with Crippen molar-refractivity contribution in [2.24, 2.45) is 4.99 Å². The van der Waals surface area contributed by atoms with Crippen molar-refractivity contribution in [3.8, 4) is 5.75 Å². The molecule has 1 aromatic rings. The predicted octanol–water partition coefficient (Wildman–Crippen LogP) is 3.36. The van der Waals surface area contributed by atoms with Crippen molar-refractivity contribution in [3.63, 3.8) is 0 Å². The first kappa shape index (κ1) is 11.8. The highest BCUT2D eigenvalue weighted by Gasteiger charge is 2.07. The van der Waals surface area contributed by atoms with Crippen molar-refractivity contribution >= 4 is 38.5 Å². The van der Waals surface area contributed by atoms with Gasteiger partial charge in [0.2, 0.25) is 0 Å². The number of ether oxygens (including phenoxy) is 1. The van der Waals surface area contributed by atoms with Crippen molar-refractivity contribution in [2.45, 2.75) is 6.42 Å². The molecule has 0 atom stereocenters. The van der Waals surface area contributed by atoms with Crippen LogP contribution < -0.4 is 10.1 Å². The second kappa shape index (κ2) is 5.59. The Morgan fingerprint density at radius 1 is 1.50 bits per heavy atom. The zero-order valence-electron chi connectivity index (χ0n) is 9.00. The van der Waals surface area contributed by atoms with E-state index < -0.39 is 0 Å². The minimum absolute atomic E-state index is 0.825. The SMILES string of the molecule is COc1cc(NC2=NCCCS2)ccc1Br. The van der Waals surface area contributed by atoms with Gasteiger partial charge >= 0.3 is 0 Å². The average molecular weight is 301 g/mol. The lowest BCUT2D eigenvalue weighted by molar-refractivity contribution is 0.412. The molecular weight excluding hydrogens is 288 g/mol. The highest BCUT2D eigenvalue weighted by Crippen LogP contribution is 2.28. The van der Waals surface area contributed by atoms with E-state index in [0.29, 0.717) is 0 Å². The van der Waals surface area contributed by atoms with Crippen LogP contribution in [0.25, 0.3) is 0 Å². The third kappa shape index (κ3) is 2.92. The molecule has 1 aromatic carbocycles. The van der Waals surface area contributed by atoms with Crippen molar-refractivity contribution in [1.29, 1.82) is 0 Å². The van der Waals surface area contributed by atoms with Crippen LogP contribution in [0.5, 0.6) is 5.75 Å². The first-order valence-corrected chi connectivity index (χ1v) is 6.85. The number of halogens is 1. The Balaban J connectivity index is 2.12. The Morgan fingerprint density at radius 2 is 2.38 bits per heavy atom. The summed E-state index contributed by atoms with van der Waals surface area (Å²) >= 11 is 5.19. The van der Waals surface area contributed by atoms with Gasteiger partial charge in [-0.1, -0.05) is 11.8 Å². The van der Waals surface area contributed by atoms with Crippen molar-refractivity contribution < 1.29 is 4.74 Å². The molecule has 0 radical (unpaired) electrons. The fourth-order valence-electron chi connectivity index (χ4n) is 1.40. The number of methoxy groups -OCH3 is 1. The molecule has 1 aliphatic heterocycles. The Labute approximate surface area is 108 Å². The minimum atomic E-state index is 0.825. The lowest BCUT2D eigenvalue weighted by Crippen LogP contribution is -2.13. The summed E-state index contributed by atoms with van der Waals surface area (Å²) in [5.41, 5.74) is 1.01. The predicted molar refractivity (Wildman–Crippen MR) is 73.7 cm³/mol. The standard InChI is InChI=1S/C11H13BrN2OS/c1-15-10-7-8(3-4-9(10)12)14-11-13-5-2-6-16-11/h3-4,7H,2,5-6H2,1H3,(H,13,14). The van der Waals surface area contributed by atoms with Gasteiger partial charge in [0, 0.05) is 24.1 Å². The molecule has 1 heterocycles. The van der Waals surface area contributed by atoms with E-state index in [4.69, 9.17) is 4.74 Å². The molecule has 0 fully saturated rings. The number of amidine groups is 1. The van der Waals surface area contributed by atoms with Crippen LogP contribution in [0.3, 0.4) is 0 Å². The lowest BCUT2D eigenvalue weighted by Gasteiger charge is -2.14. The van der Waals surface area contributed by atoms with E-state index in [1.807, 2.05) is 18.2 Å². The molecular formula is C11H13BrN2OS. The first-order chi connectivity index (χ1) is 7.79. The molecule has 3 nitrogen and oxygen atoms in total. The van der Waals surface area contributed by atoms with Crippen molar-refractivity contribution in [3.05, 3.63) is 22.7 Å². The van der Waals surface area contributed by atoms with Crippen LogP contribution in [0.1, 0.15) is 6.42 Å². The highest BCUT2D eigenvalue weighted by atomic mass is 79.9. The van der Waals surface area contributed by atoms with Gasteiger partial charge in [0.05, 0.1) is 11.6 Å². The number of rotatable bonds is 2. The van der Waals surface area contributed by atoms with E-state index in [0.717, 1.165) is 33.4 Å². The summed E-state index contributed by atoms with van der Waals surface area (Å²) in [5, 5.41) is 4.29. The lowest BCUT2D eigenvalue weighted by atomic mass is 10.3. The van der Waals surface area contributed by atoms with Gasteiger partial charge in [-0.15, -0.1) is 0 Å². The van der Waals surface area contributed by atoms with E-state index in [-0.39, 0.29) is 0 Å². The number of hydrogen-bond donors (Lipinski definition) is 1. The summed E-state index contributed by atoms with van der Waals surface area (Å²) in [6.45, 7) is 0.920. The number of benzene rings is 1. The maximum absolute atomic E-state index is 5.24. The van der Waals surface area contributed by atoms with Crippen LogP contribution in [0.15, 0.2) is 27.7 Å². The van der Waals surface area contributed by atoms with Crippen molar-refractivity contribution in [2.75, 3.05) is 24.7 Å². The first-order valence-electron chi connectivity index (χ1n) is 5.07. The smallest absolute Gasteiger partial charge is 0.161 e. The molecule has 86 valence electrons. The molecule has 0 amide bonds. The summed E-state index contributed by atoms with van der Waals surface area (Å²) in [7, 11) is 1.66. The van der Waals surface area contributed by atoms with E-state index in [1.54, 1.807) is 18.9 Å². The van der Waals surface area contributed by atoms with Crippen LogP contribution >= 0.6 is 27.7 Å². The topological polar surface area (TPSA) is 33.6 Å². The van der Waals surface area contributed by atoms with E-state index in [1.165, 1.54) is 6.42 Å². The number of nitrogens with zero attached hydrogens (tertiary/aromatic N) is 1. The summed E-state index contributed by atoms with van der Waals surface area (Å²) in [5.74, 6) is 1.96. The molecule has 0 aliphatic carbocycles. The minimum Gasteiger partial charge on any atom is -0.495 e. The second-order valence-electron chi connectivity index (χ2n) is 3.36. The average Bonchev–Trinajstić information content (AvgIpc) is 2.33. The largest absolute Gasteiger partial charge is 0.495 e. The molecule has 5 heteroatoms. The van der Waals surface area contributed by atoms with E-state index >= 15 is 0 Å². The van der Waals surface area contributed by atoms with Crippen LogP contribution in [-0.2, 0) is 0 Å². The Hall–Kier alpha value is -0.680. The molecule has 0 saturated heterocycles. The van der Waals surface area contributed by atoms with Crippen LogP contribution in [-0.4, -0.2) is 24.6 Å². The summed E-state index contributed by atoms with van der Waals surface area (Å²) in [6.07, 6.45) is 1.17. The number of anilines is 1. The summed E-state index contributed by atoms with van der Waals surface area (Å²) < 4.78 is 6.20. The van der Waals surface area contributed by atoms with Crippen LogP contribution in [0, 0.1) is 0 Å². The van der Waals surface area contributed by atoms with E-state index in [2.05, 4.69) is 26.2 Å². The Morgan fingerprint density at radius 3 is 3.06 bits per heavy atom. The fraction of sp³-hybridized carbons (Fsp3) is 0.364. The number of hydrogen-bond acceptors (Lipinski definition) is 4. The van der Waals surface area contributed by atoms with Crippen molar-refractivity contribution in [1.82, 2.24) is 0 Å². The van der Waals surface area contributed by atoms with Gasteiger partial charge in [-0.05, 0) is 34.5 Å². The van der Waals surface area contributed by atoms with Gasteiger partial charge in [-0.3, -0.25) is 4.99 Å². The number of aliphatic imine (C=N–C) groups is 1. The molecule has 1 aliphatic rings. The van der Waals surface area contributed by atoms with Gasteiger partial charge in [0.15, 0.2) is 5.17 Å². The molecule has 1 N–H and O–H groups in total. The third-order valence-corrected chi connectivity index (χ3v) is 3.85. The Bertz CT molecular complexity index is 409. The zero-order chi connectivity index (χ0) is 11.4. The number of thioether (sulfide) groups is 1. The quantitative estimate of drug-likeness (QED) is 0.909. The third-order valence-electron chi connectivity index (χ3n) is 2.20. The van der Waals surface area contributed by atoms with E-state index in [9.17, 15) is 0 Å². The van der Waals surface area contributed by atoms with Gasteiger partial charge in [-0.25, -0.2) is 0 Å². The van der Waals surface area contributed by atoms with Crippen LogP contribution in [0.2, 0.25) is 0 Å². The van der Waals surface area contributed by atoms with Gasteiger partial charge in [-0.2, -0.15) is 0 Å². The maximum Gasteiger partial charge on any atom is 0.161 e. The van der Waals surface area contributed by atoms with Crippen LogP contribution in [0.4, 0.5) is 5.69 Å². The molecule has 0 unspecified atom stereocenters. The molecule has 2 rings (SSSR count). The fourth-order valence-corrected chi connectivity index (χ4v) is 2.64. The molecule has 0 saturated carbocycles.